The Kier molecular flexibility index (Phi) is 4.56. The van der Waals surface area contributed by atoms with Crippen LogP contribution in [-0.2, 0) is 4.74 Å². The molecule has 0 saturated heterocycles. The molecule has 5 nitrogen and oxygen atoms in total. The number of aromatic amines is 1. The Morgan fingerprint density at radius 1 is 1.38 bits per heavy atom. The lowest BCUT2D eigenvalue weighted by Gasteiger charge is -2.12. The standard InChI is InChI=1S/C17H15BrN2O3S/c1-8-10(3)24-16-13(8)15(21)19-14(20-16)9(2)23-17(22)11-5-4-6-12(18)7-11/h4-7,9H,1-3H3,(H,19,20,21)/t9-/m0/s1. The van der Waals surface area contributed by atoms with Crippen molar-refractivity contribution in [3.05, 3.63) is 60.9 Å². The third-order valence-electron chi connectivity index (χ3n) is 3.79. The van der Waals surface area contributed by atoms with E-state index in [1.165, 1.54) is 11.3 Å². The molecule has 0 spiro atoms. The summed E-state index contributed by atoms with van der Waals surface area (Å²) in [6, 6.07) is 6.94. The van der Waals surface area contributed by atoms with E-state index in [-0.39, 0.29) is 5.56 Å². The van der Waals surface area contributed by atoms with Crippen molar-refractivity contribution in [3.8, 4) is 0 Å². The number of thiophene rings is 1. The van der Waals surface area contributed by atoms with Gasteiger partial charge in [0, 0.05) is 9.35 Å². The van der Waals surface area contributed by atoms with Crippen LogP contribution in [0.25, 0.3) is 10.2 Å². The quantitative estimate of drug-likeness (QED) is 0.658. The van der Waals surface area contributed by atoms with Gasteiger partial charge < -0.3 is 9.72 Å². The predicted octanol–water partition coefficient (Wildman–Crippen LogP) is 4.28. The van der Waals surface area contributed by atoms with Crippen molar-refractivity contribution in [3.63, 3.8) is 0 Å². The number of ether oxygens (including phenoxy) is 1. The molecule has 24 heavy (non-hydrogen) atoms. The molecule has 124 valence electrons. The second-order valence-electron chi connectivity index (χ2n) is 5.47. The Morgan fingerprint density at radius 3 is 2.83 bits per heavy atom. The summed E-state index contributed by atoms with van der Waals surface area (Å²) in [6.07, 6.45) is -0.656. The molecule has 0 aliphatic heterocycles. The molecule has 0 amide bonds. The van der Waals surface area contributed by atoms with Gasteiger partial charge in [0.15, 0.2) is 11.9 Å². The summed E-state index contributed by atoms with van der Waals surface area (Å²) in [7, 11) is 0. The van der Waals surface area contributed by atoms with Gasteiger partial charge in [0.05, 0.1) is 10.9 Å². The van der Waals surface area contributed by atoms with Crippen LogP contribution in [0.15, 0.2) is 33.5 Å². The molecular formula is C17H15BrN2O3S. The number of nitrogens with zero attached hydrogens (tertiary/aromatic N) is 1. The van der Waals surface area contributed by atoms with E-state index < -0.39 is 12.1 Å². The molecule has 3 aromatic rings. The number of esters is 1. The van der Waals surface area contributed by atoms with Gasteiger partial charge in [-0.1, -0.05) is 22.0 Å². The number of halogens is 1. The maximum absolute atomic E-state index is 12.3. The molecule has 1 atom stereocenters. The summed E-state index contributed by atoms with van der Waals surface area (Å²) in [5.41, 5.74) is 1.17. The van der Waals surface area contributed by atoms with Crippen molar-refractivity contribution in [2.24, 2.45) is 0 Å². The maximum atomic E-state index is 12.3. The summed E-state index contributed by atoms with van der Waals surface area (Å²) in [5.74, 6) is -0.123. The number of benzene rings is 1. The first-order valence-electron chi connectivity index (χ1n) is 7.33. The minimum atomic E-state index is -0.656. The van der Waals surface area contributed by atoms with Gasteiger partial charge >= 0.3 is 5.97 Å². The van der Waals surface area contributed by atoms with E-state index in [1.807, 2.05) is 19.9 Å². The normalized spacial score (nSPS) is 12.3. The summed E-state index contributed by atoms with van der Waals surface area (Å²) < 4.78 is 6.22. The second kappa shape index (κ2) is 6.49. The highest BCUT2D eigenvalue weighted by molar-refractivity contribution is 9.10. The lowest BCUT2D eigenvalue weighted by molar-refractivity contribution is 0.0320. The first kappa shape index (κ1) is 16.9. The number of nitrogens with one attached hydrogen (secondary N) is 1. The fourth-order valence-corrected chi connectivity index (χ4v) is 3.80. The molecule has 0 bridgehead atoms. The zero-order valence-corrected chi connectivity index (χ0v) is 15.7. The average molecular weight is 407 g/mol. The molecule has 0 aliphatic rings. The molecule has 0 fully saturated rings. The third kappa shape index (κ3) is 3.14. The van der Waals surface area contributed by atoms with Crippen molar-refractivity contribution in [2.75, 3.05) is 0 Å². The molecule has 2 aromatic heterocycles. The van der Waals surface area contributed by atoms with Crippen LogP contribution in [0.5, 0.6) is 0 Å². The number of hydrogen-bond acceptors (Lipinski definition) is 5. The van der Waals surface area contributed by atoms with E-state index in [0.29, 0.717) is 21.6 Å². The molecule has 2 heterocycles. The lowest BCUT2D eigenvalue weighted by Crippen LogP contribution is -2.17. The Bertz CT molecular complexity index is 993. The fraction of sp³-hybridized carbons (Fsp3) is 0.235. The molecule has 1 aromatic carbocycles. The highest BCUT2D eigenvalue weighted by atomic mass is 79.9. The number of fused-ring (bicyclic) bond motifs is 1. The molecule has 0 radical (unpaired) electrons. The van der Waals surface area contributed by atoms with Crippen LogP contribution in [0, 0.1) is 13.8 Å². The van der Waals surface area contributed by atoms with Crippen molar-refractivity contribution in [1.29, 1.82) is 0 Å². The highest BCUT2D eigenvalue weighted by Gasteiger charge is 2.19. The van der Waals surface area contributed by atoms with Crippen molar-refractivity contribution >= 4 is 43.5 Å². The zero-order chi connectivity index (χ0) is 17.4. The van der Waals surface area contributed by atoms with Crippen LogP contribution in [0.4, 0.5) is 0 Å². The lowest BCUT2D eigenvalue weighted by atomic mass is 10.2. The van der Waals surface area contributed by atoms with Gasteiger partial charge in [-0.3, -0.25) is 4.79 Å². The zero-order valence-electron chi connectivity index (χ0n) is 13.3. The van der Waals surface area contributed by atoms with Gasteiger partial charge in [-0.05, 0) is 44.5 Å². The minimum Gasteiger partial charge on any atom is -0.451 e. The largest absolute Gasteiger partial charge is 0.451 e. The van der Waals surface area contributed by atoms with Gasteiger partial charge in [0.2, 0.25) is 0 Å². The van der Waals surface area contributed by atoms with Crippen LogP contribution in [-0.4, -0.2) is 15.9 Å². The molecular weight excluding hydrogens is 392 g/mol. The number of rotatable bonds is 3. The second-order valence-corrected chi connectivity index (χ2v) is 7.59. The Balaban J connectivity index is 1.90. The fourth-order valence-electron chi connectivity index (χ4n) is 2.36. The van der Waals surface area contributed by atoms with E-state index in [1.54, 1.807) is 25.1 Å². The topological polar surface area (TPSA) is 72.0 Å². The molecule has 0 saturated carbocycles. The van der Waals surface area contributed by atoms with Gasteiger partial charge in [-0.15, -0.1) is 11.3 Å². The summed E-state index contributed by atoms with van der Waals surface area (Å²) in [5, 5.41) is 0.603. The summed E-state index contributed by atoms with van der Waals surface area (Å²) in [6.45, 7) is 5.55. The van der Waals surface area contributed by atoms with Crippen LogP contribution < -0.4 is 5.56 Å². The van der Waals surface area contributed by atoms with Gasteiger partial charge in [0.25, 0.3) is 5.56 Å². The van der Waals surface area contributed by atoms with Crippen LogP contribution >= 0.6 is 27.3 Å². The van der Waals surface area contributed by atoms with Crippen LogP contribution in [0.3, 0.4) is 0 Å². The number of carbonyl (C=O) groups excluding carboxylic acids is 1. The first-order chi connectivity index (χ1) is 11.4. The molecule has 0 aliphatic carbocycles. The van der Waals surface area contributed by atoms with Crippen LogP contribution in [0.2, 0.25) is 0 Å². The minimum absolute atomic E-state index is 0.206. The number of H-pyrrole nitrogens is 1. The summed E-state index contributed by atoms with van der Waals surface area (Å²) >= 11 is 4.78. The molecule has 7 heteroatoms. The Hall–Kier alpha value is -1.99. The Labute approximate surface area is 150 Å². The third-order valence-corrected chi connectivity index (χ3v) is 5.38. The van der Waals surface area contributed by atoms with Crippen LogP contribution in [0.1, 0.15) is 39.7 Å². The smallest absolute Gasteiger partial charge is 0.338 e. The van der Waals surface area contributed by atoms with E-state index in [4.69, 9.17) is 4.74 Å². The monoisotopic (exact) mass is 406 g/mol. The summed E-state index contributed by atoms with van der Waals surface area (Å²) in [4.78, 5) is 33.4. The van der Waals surface area contributed by atoms with E-state index in [0.717, 1.165) is 14.9 Å². The molecule has 3 rings (SSSR count). The molecule has 1 N–H and O–H groups in total. The van der Waals surface area contributed by atoms with Gasteiger partial charge in [-0.2, -0.15) is 0 Å². The van der Waals surface area contributed by atoms with Crippen molar-refractivity contribution in [2.45, 2.75) is 26.9 Å². The average Bonchev–Trinajstić information content (AvgIpc) is 2.82. The molecule has 0 unspecified atom stereocenters. The maximum Gasteiger partial charge on any atom is 0.338 e. The number of aromatic nitrogens is 2. The predicted molar refractivity (Wildman–Crippen MR) is 97.7 cm³/mol. The first-order valence-corrected chi connectivity index (χ1v) is 8.94. The van der Waals surface area contributed by atoms with E-state index in [2.05, 4.69) is 25.9 Å². The Morgan fingerprint density at radius 2 is 2.12 bits per heavy atom. The van der Waals surface area contributed by atoms with Gasteiger partial charge in [-0.25, -0.2) is 9.78 Å². The number of carbonyl (C=O) groups is 1. The SMILES string of the molecule is Cc1sc2nc([C@H](C)OC(=O)c3cccc(Br)c3)[nH]c(=O)c2c1C. The number of aryl methyl sites for hydroxylation is 2. The van der Waals surface area contributed by atoms with Crippen molar-refractivity contribution in [1.82, 2.24) is 9.97 Å². The van der Waals surface area contributed by atoms with Gasteiger partial charge in [0.1, 0.15) is 4.83 Å². The van der Waals surface area contributed by atoms with E-state index >= 15 is 0 Å². The number of hydrogen-bond donors (Lipinski definition) is 1. The highest BCUT2D eigenvalue weighted by Crippen LogP contribution is 2.27. The van der Waals surface area contributed by atoms with E-state index in [9.17, 15) is 9.59 Å². The van der Waals surface area contributed by atoms with Crippen molar-refractivity contribution < 1.29 is 9.53 Å².